The monoisotopic (exact) mass is 235 g/mol. The second kappa shape index (κ2) is 6.02. The first kappa shape index (κ1) is 13.4. The average molecular weight is 236 g/mol. The predicted octanol–water partition coefficient (Wildman–Crippen LogP) is 3.48. The van der Waals surface area contributed by atoms with Crippen molar-refractivity contribution < 1.29 is 4.39 Å². The van der Waals surface area contributed by atoms with Crippen LogP contribution >= 0.6 is 24.0 Å². The van der Waals surface area contributed by atoms with Crippen molar-refractivity contribution in [1.29, 1.82) is 0 Å². The third-order valence-electron chi connectivity index (χ3n) is 1.78. The lowest BCUT2D eigenvalue weighted by molar-refractivity contribution is 0.583. The van der Waals surface area contributed by atoms with Crippen LogP contribution in [0.2, 0.25) is 5.02 Å². The van der Waals surface area contributed by atoms with Gasteiger partial charge in [-0.15, -0.1) is 19.0 Å². The molecule has 0 spiro atoms. The van der Waals surface area contributed by atoms with E-state index in [4.69, 9.17) is 17.3 Å². The van der Waals surface area contributed by atoms with Gasteiger partial charge in [-0.25, -0.2) is 4.39 Å². The van der Waals surface area contributed by atoms with Crippen LogP contribution in [-0.2, 0) is 0 Å². The summed E-state index contributed by atoms with van der Waals surface area (Å²) in [5.41, 5.74) is 6.18. The van der Waals surface area contributed by atoms with Crippen molar-refractivity contribution in [3.05, 3.63) is 47.3 Å². The minimum absolute atomic E-state index is 0. The summed E-state index contributed by atoms with van der Waals surface area (Å²) in [7, 11) is 0. The number of hydrogen-bond acceptors (Lipinski definition) is 1. The molecule has 0 saturated heterocycles. The second-order valence-electron chi connectivity index (χ2n) is 2.80. The summed E-state index contributed by atoms with van der Waals surface area (Å²) >= 11 is 5.60. The first-order valence-corrected chi connectivity index (χ1v) is 4.34. The molecule has 1 nitrogen and oxygen atoms in total. The molecule has 4 heteroatoms. The SMILES string of the molecule is C=CC[C@@H](N)c1ccc(Cl)cc1F.Cl. The molecule has 0 heterocycles. The van der Waals surface area contributed by atoms with Crippen molar-refractivity contribution in [2.45, 2.75) is 12.5 Å². The molecule has 0 aromatic heterocycles. The van der Waals surface area contributed by atoms with Gasteiger partial charge in [-0.2, -0.15) is 0 Å². The van der Waals surface area contributed by atoms with Crippen molar-refractivity contribution in [1.82, 2.24) is 0 Å². The quantitative estimate of drug-likeness (QED) is 0.799. The maximum absolute atomic E-state index is 13.2. The highest BCUT2D eigenvalue weighted by Gasteiger charge is 2.09. The molecule has 0 fully saturated rings. The number of nitrogens with two attached hydrogens (primary N) is 1. The first-order chi connectivity index (χ1) is 6.15. The maximum atomic E-state index is 13.2. The molecule has 0 saturated carbocycles. The first-order valence-electron chi connectivity index (χ1n) is 3.96. The highest BCUT2D eigenvalue weighted by atomic mass is 35.5. The fraction of sp³-hybridized carbons (Fsp3) is 0.200. The molecule has 0 aliphatic rings. The molecule has 1 aromatic carbocycles. The van der Waals surface area contributed by atoms with Gasteiger partial charge < -0.3 is 5.73 Å². The molecule has 0 aliphatic heterocycles. The van der Waals surface area contributed by atoms with Crippen LogP contribution in [0, 0.1) is 5.82 Å². The Morgan fingerprint density at radius 1 is 1.57 bits per heavy atom. The van der Waals surface area contributed by atoms with Gasteiger partial charge in [0.05, 0.1) is 0 Å². The average Bonchev–Trinajstić information content (AvgIpc) is 2.04. The lowest BCUT2D eigenvalue weighted by Crippen LogP contribution is -2.10. The Kier molecular flexibility index (Phi) is 5.77. The highest BCUT2D eigenvalue weighted by molar-refractivity contribution is 6.30. The van der Waals surface area contributed by atoms with Crippen molar-refractivity contribution in [2.24, 2.45) is 5.73 Å². The van der Waals surface area contributed by atoms with E-state index in [0.29, 0.717) is 17.0 Å². The lowest BCUT2D eigenvalue weighted by atomic mass is 10.0. The fourth-order valence-corrected chi connectivity index (χ4v) is 1.27. The van der Waals surface area contributed by atoms with E-state index >= 15 is 0 Å². The lowest BCUT2D eigenvalue weighted by Gasteiger charge is -2.10. The molecule has 0 aliphatic carbocycles. The van der Waals surface area contributed by atoms with Gasteiger partial charge in [0.25, 0.3) is 0 Å². The topological polar surface area (TPSA) is 26.0 Å². The highest BCUT2D eigenvalue weighted by Crippen LogP contribution is 2.21. The number of benzene rings is 1. The van der Waals surface area contributed by atoms with Crippen LogP contribution in [0.5, 0.6) is 0 Å². The molecule has 0 unspecified atom stereocenters. The van der Waals surface area contributed by atoms with E-state index in [9.17, 15) is 4.39 Å². The molecular weight excluding hydrogens is 224 g/mol. The zero-order valence-electron chi connectivity index (χ0n) is 7.54. The Balaban J connectivity index is 0.00000169. The smallest absolute Gasteiger partial charge is 0.129 e. The third kappa shape index (κ3) is 3.29. The van der Waals surface area contributed by atoms with Gasteiger partial charge in [0, 0.05) is 16.6 Å². The Labute approximate surface area is 94.2 Å². The van der Waals surface area contributed by atoms with Crippen LogP contribution in [0.4, 0.5) is 4.39 Å². The molecule has 14 heavy (non-hydrogen) atoms. The van der Waals surface area contributed by atoms with Gasteiger partial charge in [-0.3, -0.25) is 0 Å². The van der Waals surface area contributed by atoms with Crippen LogP contribution in [0.1, 0.15) is 18.0 Å². The van der Waals surface area contributed by atoms with Gasteiger partial charge in [0.15, 0.2) is 0 Å². The standard InChI is InChI=1S/C10H11ClFN.ClH/c1-2-3-10(13)8-5-4-7(11)6-9(8)12;/h2,4-6,10H,1,3,13H2;1H/t10-;/m1./s1. The Morgan fingerprint density at radius 2 is 2.21 bits per heavy atom. The van der Waals surface area contributed by atoms with Crippen LogP contribution in [0.25, 0.3) is 0 Å². The molecule has 2 N–H and O–H groups in total. The minimum Gasteiger partial charge on any atom is -0.324 e. The fourth-order valence-electron chi connectivity index (χ4n) is 1.11. The summed E-state index contributed by atoms with van der Waals surface area (Å²) in [5.74, 6) is -0.359. The number of hydrogen-bond donors (Lipinski definition) is 1. The van der Waals surface area contributed by atoms with Gasteiger partial charge in [0.1, 0.15) is 5.82 Å². The number of rotatable bonds is 3. The van der Waals surface area contributed by atoms with Crippen LogP contribution in [0.3, 0.4) is 0 Å². The van der Waals surface area contributed by atoms with Gasteiger partial charge in [-0.1, -0.05) is 23.7 Å². The molecular formula is C10H12Cl2FN. The molecule has 1 atom stereocenters. The van der Waals surface area contributed by atoms with Crippen LogP contribution in [0.15, 0.2) is 30.9 Å². The molecule has 0 amide bonds. The van der Waals surface area contributed by atoms with Crippen molar-refractivity contribution in [2.75, 3.05) is 0 Å². The summed E-state index contributed by atoms with van der Waals surface area (Å²) in [6.45, 7) is 3.54. The molecule has 0 bridgehead atoms. The largest absolute Gasteiger partial charge is 0.324 e. The van der Waals surface area contributed by atoms with Gasteiger partial charge >= 0.3 is 0 Å². The predicted molar refractivity (Wildman–Crippen MR) is 60.4 cm³/mol. The molecule has 1 aromatic rings. The van der Waals surface area contributed by atoms with E-state index in [1.54, 1.807) is 18.2 Å². The van der Waals surface area contributed by atoms with Gasteiger partial charge in [0.2, 0.25) is 0 Å². The van der Waals surface area contributed by atoms with Gasteiger partial charge in [-0.05, 0) is 18.6 Å². The number of halogens is 3. The summed E-state index contributed by atoms with van der Waals surface area (Å²) in [6, 6.07) is 4.16. The normalized spacial score (nSPS) is 11.6. The second-order valence-corrected chi connectivity index (χ2v) is 3.23. The molecule has 1 rings (SSSR count). The summed E-state index contributed by atoms with van der Waals surface area (Å²) in [5, 5.41) is 0.382. The van der Waals surface area contributed by atoms with Crippen molar-refractivity contribution in [3.63, 3.8) is 0 Å². The molecule has 78 valence electrons. The van der Waals surface area contributed by atoms with Crippen LogP contribution in [-0.4, -0.2) is 0 Å². The summed E-state index contributed by atoms with van der Waals surface area (Å²) in [6.07, 6.45) is 2.22. The van der Waals surface area contributed by atoms with Crippen molar-refractivity contribution >= 4 is 24.0 Å². The van der Waals surface area contributed by atoms with Crippen LogP contribution < -0.4 is 5.73 Å². The Hall–Kier alpha value is -0.570. The zero-order chi connectivity index (χ0) is 9.84. The summed E-state index contributed by atoms with van der Waals surface area (Å²) < 4.78 is 13.2. The van der Waals surface area contributed by atoms with E-state index in [1.165, 1.54) is 6.07 Å². The maximum Gasteiger partial charge on any atom is 0.129 e. The molecule has 0 radical (unpaired) electrons. The van der Waals surface area contributed by atoms with E-state index in [0.717, 1.165) is 0 Å². The Bertz CT molecular complexity index is 315. The van der Waals surface area contributed by atoms with E-state index < -0.39 is 0 Å². The third-order valence-corrected chi connectivity index (χ3v) is 2.02. The van der Waals surface area contributed by atoms with E-state index in [1.807, 2.05) is 0 Å². The van der Waals surface area contributed by atoms with E-state index in [2.05, 4.69) is 6.58 Å². The Morgan fingerprint density at radius 3 is 2.71 bits per heavy atom. The summed E-state index contributed by atoms with van der Waals surface area (Å²) in [4.78, 5) is 0. The minimum atomic E-state index is -0.359. The van der Waals surface area contributed by atoms with E-state index in [-0.39, 0.29) is 24.3 Å². The van der Waals surface area contributed by atoms with Crippen molar-refractivity contribution in [3.8, 4) is 0 Å². The zero-order valence-corrected chi connectivity index (χ0v) is 9.11.